The molecule has 0 bridgehead atoms. The normalized spacial score (nSPS) is 9.81. The summed E-state index contributed by atoms with van der Waals surface area (Å²) in [6.07, 6.45) is 1.90. The zero-order valence-electron chi connectivity index (χ0n) is 9.03. The highest BCUT2D eigenvalue weighted by Gasteiger charge is 2.01. The second-order valence-corrected chi connectivity index (χ2v) is 4.58. The Labute approximate surface area is 105 Å². The van der Waals surface area contributed by atoms with Crippen molar-refractivity contribution in [2.45, 2.75) is 6.54 Å². The lowest BCUT2D eigenvalue weighted by molar-refractivity contribution is -0.118. The number of thiocarbonyl (C=S) groups is 1. The third-order valence-corrected chi connectivity index (χ3v) is 2.76. The van der Waals surface area contributed by atoms with Gasteiger partial charge in [-0.1, -0.05) is 30.4 Å². The molecule has 3 nitrogen and oxygen atoms in total. The molecule has 0 heterocycles. The molecule has 3 N–H and O–H groups in total. The summed E-state index contributed by atoms with van der Waals surface area (Å²) in [5, 5.41) is 2.82. The predicted octanol–water partition coefficient (Wildman–Crippen LogP) is 1.30. The van der Waals surface area contributed by atoms with Crippen molar-refractivity contribution in [1.82, 2.24) is 5.32 Å². The van der Waals surface area contributed by atoms with Crippen LogP contribution in [0.5, 0.6) is 0 Å². The van der Waals surface area contributed by atoms with Crippen LogP contribution in [0.4, 0.5) is 0 Å². The van der Waals surface area contributed by atoms with Crippen LogP contribution in [-0.4, -0.2) is 22.9 Å². The Morgan fingerprint density at radius 1 is 1.56 bits per heavy atom. The number of nitrogens with two attached hydrogens (primary N) is 1. The lowest BCUT2D eigenvalue weighted by Crippen LogP contribution is -2.24. The van der Waals surface area contributed by atoms with Gasteiger partial charge in [0.1, 0.15) is 4.99 Å². The molecule has 5 heteroatoms. The molecule has 0 fully saturated rings. The molecule has 0 aliphatic carbocycles. The molecule has 0 saturated heterocycles. The fraction of sp³-hybridized carbons (Fsp3) is 0.273. The van der Waals surface area contributed by atoms with Gasteiger partial charge < -0.3 is 11.1 Å². The van der Waals surface area contributed by atoms with Gasteiger partial charge in [0, 0.05) is 12.1 Å². The van der Waals surface area contributed by atoms with Gasteiger partial charge in [-0.05, 0) is 17.9 Å². The van der Waals surface area contributed by atoms with Crippen LogP contribution in [0.25, 0.3) is 0 Å². The van der Waals surface area contributed by atoms with Gasteiger partial charge in [-0.2, -0.15) is 11.8 Å². The van der Waals surface area contributed by atoms with Gasteiger partial charge in [0.15, 0.2) is 0 Å². The molecule has 0 radical (unpaired) electrons. The maximum atomic E-state index is 11.3. The van der Waals surface area contributed by atoms with Crippen LogP contribution in [0, 0.1) is 0 Å². The van der Waals surface area contributed by atoms with E-state index in [1.165, 1.54) is 11.8 Å². The van der Waals surface area contributed by atoms with Crippen molar-refractivity contribution in [2.24, 2.45) is 5.73 Å². The van der Waals surface area contributed by atoms with Crippen molar-refractivity contribution in [3.05, 3.63) is 35.4 Å². The first-order valence-corrected chi connectivity index (χ1v) is 6.58. The fourth-order valence-electron chi connectivity index (χ4n) is 1.22. The van der Waals surface area contributed by atoms with Gasteiger partial charge in [0.2, 0.25) is 5.91 Å². The molecule has 0 aliphatic heterocycles. The Bertz CT molecular complexity index is 393. The van der Waals surface area contributed by atoms with E-state index in [1.54, 1.807) is 0 Å². The summed E-state index contributed by atoms with van der Waals surface area (Å²) < 4.78 is 0. The number of nitrogens with one attached hydrogen (secondary N) is 1. The Morgan fingerprint density at radius 2 is 2.31 bits per heavy atom. The van der Waals surface area contributed by atoms with Crippen LogP contribution in [0.15, 0.2) is 24.3 Å². The van der Waals surface area contributed by atoms with Gasteiger partial charge in [-0.3, -0.25) is 4.79 Å². The highest BCUT2D eigenvalue weighted by Crippen LogP contribution is 2.05. The van der Waals surface area contributed by atoms with Crippen molar-refractivity contribution in [3.63, 3.8) is 0 Å². The summed E-state index contributed by atoms with van der Waals surface area (Å²) in [5.41, 5.74) is 7.35. The third kappa shape index (κ3) is 4.20. The second kappa shape index (κ2) is 6.50. The lowest BCUT2D eigenvalue weighted by atomic mass is 10.1. The van der Waals surface area contributed by atoms with Gasteiger partial charge in [0.25, 0.3) is 0 Å². The first-order chi connectivity index (χ1) is 7.63. The monoisotopic (exact) mass is 254 g/mol. The van der Waals surface area contributed by atoms with Crippen molar-refractivity contribution in [1.29, 1.82) is 0 Å². The SMILES string of the molecule is CSCC(=O)NCc1cccc(C(N)=S)c1. The minimum absolute atomic E-state index is 0.0354. The van der Waals surface area contributed by atoms with Crippen LogP contribution >= 0.6 is 24.0 Å². The topological polar surface area (TPSA) is 55.1 Å². The fourth-order valence-corrected chi connectivity index (χ4v) is 1.71. The summed E-state index contributed by atoms with van der Waals surface area (Å²) in [4.78, 5) is 11.6. The van der Waals surface area contributed by atoms with Crippen molar-refractivity contribution in [3.8, 4) is 0 Å². The third-order valence-electron chi connectivity index (χ3n) is 1.98. The maximum absolute atomic E-state index is 11.3. The molecule has 1 aromatic carbocycles. The average Bonchev–Trinajstić information content (AvgIpc) is 2.27. The summed E-state index contributed by atoms with van der Waals surface area (Å²) in [5.74, 6) is 0.517. The van der Waals surface area contributed by atoms with E-state index >= 15 is 0 Å². The summed E-state index contributed by atoms with van der Waals surface area (Å²) in [6, 6.07) is 7.56. The molecule has 16 heavy (non-hydrogen) atoms. The first kappa shape index (κ1) is 13.0. The quantitative estimate of drug-likeness (QED) is 0.778. The van der Waals surface area contributed by atoms with E-state index < -0.39 is 0 Å². The summed E-state index contributed by atoms with van der Waals surface area (Å²) in [7, 11) is 0. The molecule has 0 aliphatic rings. The minimum Gasteiger partial charge on any atom is -0.389 e. The van der Waals surface area contributed by atoms with E-state index in [2.05, 4.69) is 5.32 Å². The molecule has 86 valence electrons. The minimum atomic E-state index is 0.0354. The number of thioether (sulfide) groups is 1. The average molecular weight is 254 g/mol. The van der Waals surface area contributed by atoms with Gasteiger partial charge in [-0.15, -0.1) is 0 Å². The number of carbonyl (C=O) groups excluding carboxylic acids is 1. The lowest BCUT2D eigenvalue weighted by Gasteiger charge is -2.06. The smallest absolute Gasteiger partial charge is 0.230 e. The van der Waals surface area contributed by atoms with Crippen molar-refractivity contribution in [2.75, 3.05) is 12.0 Å². The molecular formula is C11H14N2OS2. The van der Waals surface area contributed by atoms with E-state index in [0.717, 1.165) is 11.1 Å². The van der Waals surface area contributed by atoms with Crippen LogP contribution in [0.2, 0.25) is 0 Å². The van der Waals surface area contributed by atoms with E-state index in [0.29, 0.717) is 17.3 Å². The Hall–Kier alpha value is -1.07. The molecule has 0 saturated carbocycles. The van der Waals surface area contributed by atoms with Crippen LogP contribution in [0.3, 0.4) is 0 Å². The highest BCUT2D eigenvalue weighted by atomic mass is 32.2. The predicted molar refractivity (Wildman–Crippen MR) is 72.6 cm³/mol. The number of rotatable bonds is 5. The number of hydrogen-bond acceptors (Lipinski definition) is 3. The number of hydrogen-bond donors (Lipinski definition) is 2. The van der Waals surface area contributed by atoms with Crippen LogP contribution in [0.1, 0.15) is 11.1 Å². The van der Waals surface area contributed by atoms with Crippen LogP contribution in [-0.2, 0) is 11.3 Å². The number of benzene rings is 1. The zero-order valence-corrected chi connectivity index (χ0v) is 10.7. The molecular weight excluding hydrogens is 240 g/mol. The van der Waals surface area contributed by atoms with Gasteiger partial charge in [0.05, 0.1) is 5.75 Å². The number of amides is 1. The molecule has 0 atom stereocenters. The Balaban J connectivity index is 2.57. The first-order valence-electron chi connectivity index (χ1n) is 4.78. The molecule has 0 unspecified atom stereocenters. The second-order valence-electron chi connectivity index (χ2n) is 3.27. The molecule has 0 spiro atoms. The number of carbonyl (C=O) groups is 1. The highest BCUT2D eigenvalue weighted by molar-refractivity contribution is 7.99. The van der Waals surface area contributed by atoms with E-state index in [4.69, 9.17) is 18.0 Å². The van der Waals surface area contributed by atoms with Gasteiger partial charge in [-0.25, -0.2) is 0 Å². The largest absolute Gasteiger partial charge is 0.389 e. The molecule has 0 aromatic heterocycles. The van der Waals surface area contributed by atoms with Crippen molar-refractivity contribution < 1.29 is 4.79 Å². The Kier molecular flexibility index (Phi) is 5.28. The molecule has 1 aromatic rings. The van der Waals surface area contributed by atoms with E-state index in [9.17, 15) is 4.79 Å². The van der Waals surface area contributed by atoms with Crippen molar-refractivity contribution >= 4 is 34.9 Å². The standard InChI is InChI=1S/C11H14N2OS2/c1-16-7-10(14)13-6-8-3-2-4-9(5-8)11(12)15/h2-5H,6-7H2,1H3,(H2,12,15)(H,13,14). The maximum Gasteiger partial charge on any atom is 0.230 e. The van der Waals surface area contributed by atoms with E-state index in [1.807, 2.05) is 30.5 Å². The summed E-state index contributed by atoms with van der Waals surface area (Å²) >= 11 is 6.39. The molecule has 1 amide bonds. The van der Waals surface area contributed by atoms with E-state index in [-0.39, 0.29) is 5.91 Å². The summed E-state index contributed by atoms with van der Waals surface area (Å²) in [6.45, 7) is 0.510. The van der Waals surface area contributed by atoms with Crippen LogP contribution < -0.4 is 11.1 Å². The zero-order chi connectivity index (χ0) is 12.0. The molecule has 1 rings (SSSR count). The Morgan fingerprint density at radius 3 is 2.94 bits per heavy atom. The van der Waals surface area contributed by atoms with Gasteiger partial charge >= 0.3 is 0 Å².